The first-order valence-corrected chi connectivity index (χ1v) is 5.93. The lowest BCUT2D eigenvalue weighted by Crippen LogP contribution is -1.97. The molecule has 1 aromatic carbocycles. The van der Waals surface area contributed by atoms with Gasteiger partial charge in [-0.1, -0.05) is 11.6 Å². The van der Waals surface area contributed by atoms with Crippen LogP contribution in [0.2, 0.25) is 5.02 Å². The summed E-state index contributed by atoms with van der Waals surface area (Å²) in [6.45, 7) is 3.89. The van der Waals surface area contributed by atoms with E-state index in [9.17, 15) is 0 Å². The van der Waals surface area contributed by atoms with Gasteiger partial charge in [0.05, 0.1) is 0 Å². The van der Waals surface area contributed by atoms with E-state index in [-0.39, 0.29) is 0 Å². The molecule has 0 unspecified atom stereocenters. The van der Waals surface area contributed by atoms with Crippen molar-refractivity contribution in [3.63, 3.8) is 0 Å². The lowest BCUT2D eigenvalue weighted by atomic mass is 10.1. The molecular weight excluding hydrogens is 250 g/mol. The molecule has 0 radical (unpaired) electrons. The van der Waals surface area contributed by atoms with Crippen molar-refractivity contribution in [3.8, 4) is 11.6 Å². The smallest absolute Gasteiger partial charge is 0.225 e. The molecule has 2 rings (SSSR count). The quantitative estimate of drug-likeness (QED) is 0.919. The first-order chi connectivity index (χ1) is 8.60. The van der Waals surface area contributed by atoms with Crippen molar-refractivity contribution in [1.29, 1.82) is 0 Å². The third-order valence-electron chi connectivity index (χ3n) is 2.49. The van der Waals surface area contributed by atoms with Gasteiger partial charge >= 0.3 is 0 Å². The van der Waals surface area contributed by atoms with E-state index in [0.29, 0.717) is 11.8 Å². The van der Waals surface area contributed by atoms with E-state index in [0.717, 1.165) is 21.9 Å². The number of aromatic nitrogens is 2. The maximum Gasteiger partial charge on any atom is 0.225 e. The minimum atomic E-state index is 0.496. The van der Waals surface area contributed by atoms with E-state index in [4.69, 9.17) is 16.3 Å². The summed E-state index contributed by atoms with van der Waals surface area (Å²) in [6, 6.07) is 5.48. The Morgan fingerprint density at radius 3 is 2.50 bits per heavy atom. The summed E-state index contributed by atoms with van der Waals surface area (Å²) in [7, 11) is 1.76. The number of aryl methyl sites for hydroxylation is 2. The molecule has 1 N–H and O–H groups in total. The molecule has 0 saturated carbocycles. The summed E-state index contributed by atoms with van der Waals surface area (Å²) in [5.41, 5.74) is 1.96. The lowest BCUT2D eigenvalue weighted by Gasteiger charge is -2.09. The number of nitrogens with zero attached hydrogens (tertiary/aromatic N) is 2. The average Bonchev–Trinajstić information content (AvgIpc) is 2.36. The Morgan fingerprint density at radius 1 is 1.22 bits per heavy atom. The minimum absolute atomic E-state index is 0.496. The van der Waals surface area contributed by atoms with Crippen LogP contribution in [0.3, 0.4) is 0 Å². The van der Waals surface area contributed by atoms with Crippen LogP contribution < -0.4 is 10.1 Å². The molecule has 1 heterocycles. The molecule has 4 nitrogen and oxygen atoms in total. The van der Waals surface area contributed by atoms with Crippen LogP contribution in [0, 0.1) is 13.8 Å². The minimum Gasteiger partial charge on any atom is -0.439 e. The zero-order chi connectivity index (χ0) is 13.1. The molecule has 0 bridgehead atoms. The zero-order valence-electron chi connectivity index (χ0n) is 10.5. The zero-order valence-corrected chi connectivity index (χ0v) is 11.2. The van der Waals surface area contributed by atoms with Gasteiger partial charge in [0.25, 0.3) is 0 Å². The highest BCUT2D eigenvalue weighted by molar-refractivity contribution is 6.32. The van der Waals surface area contributed by atoms with Gasteiger partial charge in [0.1, 0.15) is 5.75 Å². The number of benzene rings is 1. The average molecular weight is 264 g/mol. The Hall–Kier alpha value is -1.81. The van der Waals surface area contributed by atoms with E-state index < -0.39 is 0 Å². The topological polar surface area (TPSA) is 47.0 Å². The first-order valence-electron chi connectivity index (χ1n) is 5.55. The molecular formula is C13H14ClN3O. The Kier molecular flexibility index (Phi) is 3.67. The number of nitrogens with one attached hydrogen (secondary N) is 1. The molecule has 0 spiro atoms. The van der Waals surface area contributed by atoms with Gasteiger partial charge in [-0.3, -0.25) is 0 Å². The highest BCUT2D eigenvalue weighted by Crippen LogP contribution is 2.28. The van der Waals surface area contributed by atoms with Crippen LogP contribution in [0.1, 0.15) is 11.1 Å². The highest BCUT2D eigenvalue weighted by Gasteiger charge is 2.05. The Labute approximate surface area is 111 Å². The van der Waals surface area contributed by atoms with Gasteiger partial charge in [0.2, 0.25) is 11.8 Å². The molecule has 0 aliphatic rings. The third kappa shape index (κ3) is 2.71. The molecule has 5 heteroatoms. The fourth-order valence-electron chi connectivity index (χ4n) is 1.61. The summed E-state index contributed by atoms with van der Waals surface area (Å²) in [4.78, 5) is 8.22. The van der Waals surface area contributed by atoms with Gasteiger partial charge < -0.3 is 10.1 Å². The number of hydrogen-bond donors (Lipinski definition) is 1. The van der Waals surface area contributed by atoms with Crippen LogP contribution >= 0.6 is 11.6 Å². The maximum atomic E-state index is 6.11. The van der Waals surface area contributed by atoms with Gasteiger partial charge in [-0.15, -0.1) is 0 Å². The molecule has 0 atom stereocenters. The largest absolute Gasteiger partial charge is 0.439 e. The number of hydrogen-bond acceptors (Lipinski definition) is 4. The predicted molar refractivity (Wildman–Crippen MR) is 72.6 cm³/mol. The van der Waals surface area contributed by atoms with Crippen LogP contribution in [-0.4, -0.2) is 17.0 Å². The number of rotatable bonds is 3. The monoisotopic (exact) mass is 263 g/mol. The summed E-state index contributed by atoms with van der Waals surface area (Å²) >= 11 is 6.11. The number of ether oxygens (including phenoxy) is 1. The molecule has 1 aromatic heterocycles. The van der Waals surface area contributed by atoms with Crippen molar-refractivity contribution >= 4 is 17.5 Å². The van der Waals surface area contributed by atoms with Gasteiger partial charge in [0, 0.05) is 24.3 Å². The second kappa shape index (κ2) is 5.23. The van der Waals surface area contributed by atoms with Crippen molar-refractivity contribution in [2.75, 3.05) is 12.4 Å². The lowest BCUT2D eigenvalue weighted by molar-refractivity contribution is 0.461. The van der Waals surface area contributed by atoms with E-state index in [1.54, 1.807) is 19.3 Å². The van der Waals surface area contributed by atoms with E-state index in [1.807, 2.05) is 26.0 Å². The first kappa shape index (κ1) is 12.6. The standard InChI is InChI=1S/C13H14ClN3O/c1-8-6-10(7-9(2)12(8)14)18-11-4-5-16-13(15-3)17-11/h4-7H,1-3H3,(H,15,16,17). The molecule has 18 heavy (non-hydrogen) atoms. The van der Waals surface area contributed by atoms with Crippen molar-refractivity contribution in [2.45, 2.75) is 13.8 Å². The molecule has 0 fully saturated rings. The van der Waals surface area contributed by atoms with Crippen LogP contribution in [-0.2, 0) is 0 Å². The normalized spacial score (nSPS) is 10.2. The Balaban J connectivity index is 2.28. The van der Waals surface area contributed by atoms with Crippen molar-refractivity contribution in [1.82, 2.24) is 9.97 Å². The number of halogens is 1. The predicted octanol–water partition coefficient (Wildman–Crippen LogP) is 3.58. The molecule has 0 aliphatic heterocycles. The third-order valence-corrected chi connectivity index (χ3v) is 3.08. The van der Waals surface area contributed by atoms with E-state index in [1.165, 1.54) is 0 Å². The molecule has 0 aliphatic carbocycles. The van der Waals surface area contributed by atoms with Crippen molar-refractivity contribution in [2.24, 2.45) is 0 Å². The molecule has 0 amide bonds. The second-order valence-electron chi connectivity index (χ2n) is 3.94. The van der Waals surface area contributed by atoms with Gasteiger partial charge in [-0.2, -0.15) is 4.98 Å². The molecule has 0 saturated heterocycles. The molecule has 2 aromatic rings. The summed E-state index contributed by atoms with van der Waals surface area (Å²) in [5.74, 6) is 1.74. The van der Waals surface area contributed by atoms with Gasteiger partial charge in [-0.25, -0.2) is 4.98 Å². The van der Waals surface area contributed by atoms with E-state index in [2.05, 4.69) is 15.3 Å². The SMILES string of the molecule is CNc1nccc(Oc2cc(C)c(Cl)c(C)c2)n1. The maximum absolute atomic E-state index is 6.11. The molecule has 94 valence electrons. The summed E-state index contributed by atoms with van der Waals surface area (Å²) in [6.07, 6.45) is 1.64. The van der Waals surface area contributed by atoms with Crippen LogP contribution in [0.5, 0.6) is 11.6 Å². The van der Waals surface area contributed by atoms with E-state index >= 15 is 0 Å². The van der Waals surface area contributed by atoms with Crippen molar-refractivity contribution < 1.29 is 4.74 Å². The van der Waals surface area contributed by atoms with Gasteiger partial charge in [0.15, 0.2) is 0 Å². The second-order valence-corrected chi connectivity index (χ2v) is 4.32. The van der Waals surface area contributed by atoms with Crippen LogP contribution in [0.25, 0.3) is 0 Å². The fraction of sp³-hybridized carbons (Fsp3) is 0.231. The Bertz CT molecular complexity index is 549. The highest BCUT2D eigenvalue weighted by atomic mass is 35.5. The summed E-state index contributed by atoms with van der Waals surface area (Å²) < 4.78 is 5.69. The number of anilines is 1. The van der Waals surface area contributed by atoms with Crippen molar-refractivity contribution in [3.05, 3.63) is 40.5 Å². The Morgan fingerprint density at radius 2 is 1.89 bits per heavy atom. The van der Waals surface area contributed by atoms with Crippen LogP contribution in [0.4, 0.5) is 5.95 Å². The van der Waals surface area contributed by atoms with Crippen LogP contribution in [0.15, 0.2) is 24.4 Å². The van der Waals surface area contributed by atoms with Gasteiger partial charge in [-0.05, 0) is 37.1 Å². The fourth-order valence-corrected chi connectivity index (χ4v) is 1.71. The summed E-state index contributed by atoms with van der Waals surface area (Å²) in [5, 5.41) is 3.63.